The highest BCUT2D eigenvalue weighted by molar-refractivity contribution is 7.92. The van der Waals surface area contributed by atoms with Gasteiger partial charge in [0.2, 0.25) is 0 Å². The molecule has 1 saturated heterocycles. The quantitative estimate of drug-likeness (QED) is 0.660. The van der Waals surface area contributed by atoms with Gasteiger partial charge in [-0.05, 0) is 60.7 Å². The molecule has 31 heavy (non-hydrogen) atoms. The van der Waals surface area contributed by atoms with Crippen molar-refractivity contribution in [3.8, 4) is 0 Å². The average molecular weight is 440 g/mol. The van der Waals surface area contributed by atoms with Crippen LogP contribution in [0.2, 0.25) is 0 Å². The first kappa shape index (κ1) is 20.9. The van der Waals surface area contributed by atoms with Crippen LogP contribution in [0.1, 0.15) is 10.4 Å². The number of para-hydroxylation sites is 1. The van der Waals surface area contributed by atoms with E-state index in [0.29, 0.717) is 37.4 Å². The number of sulfonamides is 1. The zero-order chi connectivity index (χ0) is 21.8. The number of benzene rings is 3. The smallest absolute Gasteiger partial charge is 0.261 e. The number of amides is 1. The maximum absolute atomic E-state index is 13.1. The van der Waals surface area contributed by atoms with Crippen molar-refractivity contribution in [3.63, 3.8) is 0 Å². The molecule has 1 aliphatic rings. The van der Waals surface area contributed by atoms with Gasteiger partial charge >= 0.3 is 0 Å². The fourth-order valence-electron chi connectivity index (χ4n) is 3.50. The third kappa shape index (κ3) is 4.86. The van der Waals surface area contributed by atoms with Crippen LogP contribution in [0.15, 0.2) is 83.8 Å². The zero-order valence-corrected chi connectivity index (χ0v) is 17.6. The van der Waals surface area contributed by atoms with Crippen molar-refractivity contribution < 1.29 is 17.6 Å². The molecule has 0 aliphatic carbocycles. The van der Waals surface area contributed by atoms with Crippen LogP contribution in [-0.2, 0) is 10.0 Å². The molecule has 0 spiro atoms. The zero-order valence-electron chi connectivity index (χ0n) is 16.7. The lowest BCUT2D eigenvalue weighted by Gasteiger charge is -2.36. The summed E-state index contributed by atoms with van der Waals surface area (Å²) in [6, 6.07) is 20.9. The maximum Gasteiger partial charge on any atom is 0.261 e. The van der Waals surface area contributed by atoms with Crippen molar-refractivity contribution in [1.82, 2.24) is 4.90 Å². The lowest BCUT2D eigenvalue weighted by Crippen LogP contribution is -2.48. The van der Waals surface area contributed by atoms with Crippen molar-refractivity contribution in [1.29, 1.82) is 0 Å². The Kier molecular flexibility index (Phi) is 5.90. The summed E-state index contributed by atoms with van der Waals surface area (Å²) >= 11 is 0. The van der Waals surface area contributed by atoms with Gasteiger partial charge in [-0.3, -0.25) is 9.52 Å². The summed E-state index contributed by atoms with van der Waals surface area (Å²) in [5, 5.41) is 0. The molecule has 0 saturated carbocycles. The van der Waals surface area contributed by atoms with Gasteiger partial charge in [0.25, 0.3) is 15.9 Å². The van der Waals surface area contributed by atoms with Crippen LogP contribution in [0.3, 0.4) is 0 Å². The summed E-state index contributed by atoms with van der Waals surface area (Å²) in [7, 11) is -3.73. The molecule has 0 aromatic heterocycles. The number of hydrogen-bond donors (Lipinski definition) is 1. The number of carbonyl (C=O) groups excluding carboxylic acids is 1. The topological polar surface area (TPSA) is 69.7 Å². The number of hydrogen-bond acceptors (Lipinski definition) is 4. The minimum Gasteiger partial charge on any atom is -0.368 e. The van der Waals surface area contributed by atoms with E-state index >= 15 is 0 Å². The Labute approximate surface area is 181 Å². The molecular weight excluding hydrogens is 417 g/mol. The molecule has 0 radical (unpaired) electrons. The molecular formula is C23H22FN3O3S. The summed E-state index contributed by atoms with van der Waals surface area (Å²) in [4.78, 5) is 16.8. The van der Waals surface area contributed by atoms with E-state index in [1.54, 1.807) is 47.4 Å². The monoisotopic (exact) mass is 439 g/mol. The Bertz CT molecular complexity index is 1140. The van der Waals surface area contributed by atoms with Crippen molar-refractivity contribution in [3.05, 3.63) is 90.2 Å². The predicted octanol–water partition coefficient (Wildman–Crippen LogP) is 3.59. The van der Waals surface area contributed by atoms with Gasteiger partial charge in [-0.2, -0.15) is 0 Å². The summed E-state index contributed by atoms with van der Waals surface area (Å²) in [6.07, 6.45) is 0. The van der Waals surface area contributed by atoms with E-state index in [1.165, 1.54) is 36.4 Å². The Morgan fingerprint density at radius 2 is 1.42 bits per heavy atom. The van der Waals surface area contributed by atoms with Gasteiger partial charge in [0.05, 0.1) is 4.90 Å². The third-order valence-electron chi connectivity index (χ3n) is 5.20. The Morgan fingerprint density at radius 1 is 0.806 bits per heavy atom. The summed E-state index contributed by atoms with van der Waals surface area (Å²) < 4.78 is 40.7. The fraction of sp³-hybridized carbons (Fsp3) is 0.174. The molecule has 0 bridgehead atoms. The highest BCUT2D eigenvalue weighted by Gasteiger charge is 2.23. The number of carbonyl (C=O) groups is 1. The van der Waals surface area contributed by atoms with Gasteiger partial charge in [-0.25, -0.2) is 12.8 Å². The molecule has 8 heteroatoms. The second kappa shape index (κ2) is 8.77. The molecule has 6 nitrogen and oxygen atoms in total. The minimum atomic E-state index is -3.73. The normalized spacial score (nSPS) is 14.4. The third-order valence-corrected chi connectivity index (χ3v) is 6.59. The minimum absolute atomic E-state index is 0.0917. The SMILES string of the molecule is O=C(c1ccc(S(=O)(=O)Nc2ccccc2)cc1)N1CCN(c2ccc(F)cc2)CC1. The van der Waals surface area contributed by atoms with E-state index in [4.69, 9.17) is 0 Å². The number of nitrogens with zero attached hydrogens (tertiary/aromatic N) is 2. The largest absolute Gasteiger partial charge is 0.368 e. The second-order valence-electron chi connectivity index (χ2n) is 7.25. The average Bonchev–Trinajstić information content (AvgIpc) is 2.80. The first-order valence-corrected chi connectivity index (χ1v) is 11.4. The molecule has 1 amide bonds. The predicted molar refractivity (Wildman–Crippen MR) is 118 cm³/mol. The van der Waals surface area contributed by atoms with E-state index < -0.39 is 10.0 Å². The second-order valence-corrected chi connectivity index (χ2v) is 8.93. The van der Waals surface area contributed by atoms with Crippen molar-refractivity contribution >= 4 is 27.3 Å². The molecule has 1 aliphatic heterocycles. The first-order valence-electron chi connectivity index (χ1n) is 9.90. The Morgan fingerprint density at radius 3 is 2.03 bits per heavy atom. The van der Waals surface area contributed by atoms with Crippen LogP contribution in [0, 0.1) is 5.82 Å². The number of piperazine rings is 1. The highest BCUT2D eigenvalue weighted by atomic mass is 32.2. The first-order chi connectivity index (χ1) is 14.9. The van der Waals surface area contributed by atoms with Gasteiger partial charge < -0.3 is 9.80 Å². The molecule has 1 fully saturated rings. The fourth-order valence-corrected chi connectivity index (χ4v) is 4.56. The van der Waals surface area contributed by atoms with Gasteiger partial charge in [0, 0.05) is 43.1 Å². The molecule has 3 aromatic rings. The number of halogens is 1. The summed E-state index contributed by atoms with van der Waals surface area (Å²) in [6.45, 7) is 2.35. The summed E-state index contributed by atoms with van der Waals surface area (Å²) in [5.74, 6) is -0.416. The standard InChI is InChI=1S/C23H22FN3O3S/c24-19-8-10-21(11-9-19)26-14-16-27(17-15-26)23(28)18-6-12-22(13-7-18)31(29,30)25-20-4-2-1-3-5-20/h1-13,25H,14-17H2. The van der Waals surface area contributed by atoms with Gasteiger partial charge in [-0.15, -0.1) is 0 Å². The Balaban J connectivity index is 1.39. The van der Waals surface area contributed by atoms with Crippen LogP contribution in [0.25, 0.3) is 0 Å². The van der Waals surface area contributed by atoms with Crippen molar-refractivity contribution in [2.45, 2.75) is 4.90 Å². The molecule has 3 aromatic carbocycles. The van der Waals surface area contributed by atoms with Crippen LogP contribution < -0.4 is 9.62 Å². The molecule has 0 atom stereocenters. The highest BCUT2D eigenvalue weighted by Crippen LogP contribution is 2.20. The van der Waals surface area contributed by atoms with Crippen LogP contribution in [-0.4, -0.2) is 45.4 Å². The number of nitrogens with one attached hydrogen (secondary N) is 1. The van der Waals surface area contributed by atoms with Gasteiger partial charge in [-0.1, -0.05) is 18.2 Å². The van der Waals surface area contributed by atoms with E-state index in [2.05, 4.69) is 9.62 Å². The number of rotatable bonds is 5. The van der Waals surface area contributed by atoms with E-state index in [0.717, 1.165) is 5.69 Å². The van der Waals surface area contributed by atoms with Gasteiger partial charge in [0.1, 0.15) is 5.82 Å². The van der Waals surface area contributed by atoms with Crippen molar-refractivity contribution in [2.24, 2.45) is 0 Å². The molecule has 4 rings (SSSR count). The lowest BCUT2D eigenvalue weighted by molar-refractivity contribution is 0.0746. The van der Waals surface area contributed by atoms with Crippen molar-refractivity contribution in [2.75, 3.05) is 35.8 Å². The molecule has 0 unspecified atom stereocenters. The van der Waals surface area contributed by atoms with Crippen LogP contribution >= 0.6 is 0 Å². The maximum atomic E-state index is 13.1. The van der Waals surface area contributed by atoms with E-state index in [1.807, 2.05) is 0 Å². The van der Waals surface area contributed by atoms with Crippen LogP contribution in [0.5, 0.6) is 0 Å². The number of anilines is 2. The molecule has 160 valence electrons. The molecule has 1 N–H and O–H groups in total. The van der Waals surface area contributed by atoms with Crippen LogP contribution in [0.4, 0.5) is 15.8 Å². The van der Waals surface area contributed by atoms with E-state index in [-0.39, 0.29) is 16.6 Å². The lowest BCUT2D eigenvalue weighted by atomic mass is 10.1. The Hall–Kier alpha value is -3.39. The molecule has 1 heterocycles. The van der Waals surface area contributed by atoms with Gasteiger partial charge in [0.15, 0.2) is 0 Å². The van der Waals surface area contributed by atoms with E-state index in [9.17, 15) is 17.6 Å². The summed E-state index contributed by atoms with van der Waals surface area (Å²) in [5.41, 5.74) is 1.84.